The summed E-state index contributed by atoms with van der Waals surface area (Å²) in [6.07, 6.45) is 2.32. The highest BCUT2D eigenvalue weighted by molar-refractivity contribution is 5.85. The van der Waals surface area contributed by atoms with Crippen molar-refractivity contribution in [2.45, 2.75) is 26.2 Å². The maximum absolute atomic E-state index is 10.5. The molecule has 0 aliphatic carbocycles. The highest BCUT2D eigenvalue weighted by Crippen LogP contribution is 2.12. The van der Waals surface area contributed by atoms with Crippen LogP contribution in [0.15, 0.2) is 36.4 Å². The van der Waals surface area contributed by atoms with Crippen LogP contribution in [0.4, 0.5) is 0 Å². The molecule has 0 radical (unpaired) electrons. The Kier molecular flexibility index (Phi) is 4.10. The highest BCUT2D eigenvalue weighted by Gasteiger charge is 2.04. The first kappa shape index (κ1) is 11.5. The first-order chi connectivity index (χ1) is 7.11. The Bertz CT molecular complexity index is 367. The average molecular weight is 204 g/mol. The molecule has 0 saturated heterocycles. The molecule has 0 aliphatic heterocycles. The van der Waals surface area contributed by atoms with Crippen LogP contribution in [0.25, 0.3) is 0 Å². The smallest absolute Gasteiger partial charge is 0.330 e. The van der Waals surface area contributed by atoms with E-state index in [1.54, 1.807) is 0 Å². The molecule has 0 unspecified atom stereocenters. The molecular formula is C13H16O2. The number of carboxylic acid groups (broad SMARTS) is 1. The molecule has 0 aromatic heterocycles. The molecule has 0 amide bonds. The van der Waals surface area contributed by atoms with Crippen molar-refractivity contribution in [3.8, 4) is 0 Å². The van der Waals surface area contributed by atoms with Gasteiger partial charge in [-0.3, -0.25) is 0 Å². The van der Waals surface area contributed by atoms with Gasteiger partial charge in [-0.25, -0.2) is 4.79 Å². The third-order valence-electron chi connectivity index (χ3n) is 2.49. The zero-order chi connectivity index (χ0) is 11.3. The van der Waals surface area contributed by atoms with Gasteiger partial charge < -0.3 is 5.11 Å². The van der Waals surface area contributed by atoms with Crippen molar-refractivity contribution in [1.82, 2.24) is 0 Å². The number of benzene rings is 1. The zero-order valence-corrected chi connectivity index (χ0v) is 8.99. The second-order valence-electron chi connectivity index (χ2n) is 3.69. The van der Waals surface area contributed by atoms with Gasteiger partial charge in [-0.2, -0.15) is 0 Å². The summed E-state index contributed by atoms with van der Waals surface area (Å²) in [6.45, 7) is 5.58. The molecule has 1 N–H and O–H groups in total. The van der Waals surface area contributed by atoms with E-state index in [1.807, 2.05) is 12.1 Å². The molecule has 1 aromatic rings. The predicted molar refractivity (Wildman–Crippen MR) is 60.9 cm³/mol. The number of hydrogen-bond acceptors (Lipinski definition) is 1. The summed E-state index contributed by atoms with van der Waals surface area (Å²) in [5, 5.41) is 8.63. The summed E-state index contributed by atoms with van der Waals surface area (Å²) in [6, 6.07) is 8.17. The second-order valence-corrected chi connectivity index (χ2v) is 3.69. The van der Waals surface area contributed by atoms with Crippen LogP contribution < -0.4 is 0 Å². The van der Waals surface area contributed by atoms with Gasteiger partial charge in [0.2, 0.25) is 0 Å². The molecular weight excluding hydrogens is 188 g/mol. The van der Waals surface area contributed by atoms with Crippen molar-refractivity contribution in [1.29, 1.82) is 0 Å². The topological polar surface area (TPSA) is 37.3 Å². The van der Waals surface area contributed by atoms with Gasteiger partial charge in [0.1, 0.15) is 0 Å². The van der Waals surface area contributed by atoms with Gasteiger partial charge in [-0.05, 0) is 37.3 Å². The lowest BCUT2D eigenvalue weighted by Crippen LogP contribution is -1.99. The van der Waals surface area contributed by atoms with Crippen LogP contribution in [0.2, 0.25) is 0 Å². The number of aliphatic carboxylic acids is 1. The van der Waals surface area contributed by atoms with Crippen LogP contribution >= 0.6 is 0 Å². The minimum atomic E-state index is -0.889. The Labute approximate surface area is 90.3 Å². The fourth-order valence-corrected chi connectivity index (χ4v) is 1.49. The summed E-state index contributed by atoms with van der Waals surface area (Å²) in [4.78, 5) is 10.5. The van der Waals surface area contributed by atoms with Crippen molar-refractivity contribution in [3.63, 3.8) is 0 Å². The molecule has 1 aromatic carbocycles. The van der Waals surface area contributed by atoms with Crippen LogP contribution in [0.5, 0.6) is 0 Å². The van der Waals surface area contributed by atoms with Crippen LogP contribution in [-0.2, 0) is 11.2 Å². The Hall–Kier alpha value is -1.57. The number of rotatable bonds is 5. The molecule has 0 aliphatic rings. The monoisotopic (exact) mass is 204 g/mol. The first-order valence-corrected chi connectivity index (χ1v) is 5.07. The molecule has 0 saturated carbocycles. The number of aryl methyl sites for hydroxylation is 2. The molecule has 0 heterocycles. The van der Waals surface area contributed by atoms with Gasteiger partial charge in [0.05, 0.1) is 0 Å². The van der Waals surface area contributed by atoms with Crippen LogP contribution in [0.1, 0.15) is 24.0 Å². The Morgan fingerprint density at radius 3 is 2.67 bits per heavy atom. The first-order valence-electron chi connectivity index (χ1n) is 5.07. The van der Waals surface area contributed by atoms with E-state index in [0.29, 0.717) is 12.0 Å². The highest BCUT2D eigenvalue weighted by atomic mass is 16.4. The zero-order valence-electron chi connectivity index (χ0n) is 8.99. The van der Waals surface area contributed by atoms with Crippen molar-refractivity contribution >= 4 is 5.97 Å². The molecule has 15 heavy (non-hydrogen) atoms. The van der Waals surface area contributed by atoms with Crippen molar-refractivity contribution in [2.75, 3.05) is 0 Å². The SMILES string of the molecule is C=C(CCCc1ccccc1C)C(=O)O. The second kappa shape index (κ2) is 5.35. The van der Waals surface area contributed by atoms with Crippen LogP contribution in [-0.4, -0.2) is 11.1 Å². The molecule has 2 nitrogen and oxygen atoms in total. The van der Waals surface area contributed by atoms with E-state index < -0.39 is 5.97 Å². The molecule has 0 bridgehead atoms. The minimum absolute atomic E-state index is 0.295. The molecule has 0 spiro atoms. The maximum atomic E-state index is 10.5. The molecule has 2 heteroatoms. The lowest BCUT2D eigenvalue weighted by Gasteiger charge is -2.04. The Morgan fingerprint density at radius 1 is 1.40 bits per heavy atom. The summed E-state index contributed by atoms with van der Waals surface area (Å²) in [7, 11) is 0. The van der Waals surface area contributed by atoms with Crippen molar-refractivity contribution < 1.29 is 9.90 Å². The fraction of sp³-hybridized carbons (Fsp3) is 0.308. The van der Waals surface area contributed by atoms with E-state index in [9.17, 15) is 4.79 Å². The normalized spacial score (nSPS) is 9.93. The maximum Gasteiger partial charge on any atom is 0.330 e. The fourth-order valence-electron chi connectivity index (χ4n) is 1.49. The number of carboxylic acids is 1. The van der Waals surface area contributed by atoms with Gasteiger partial charge in [0, 0.05) is 5.57 Å². The lowest BCUT2D eigenvalue weighted by molar-refractivity contribution is -0.132. The average Bonchev–Trinajstić information content (AvgIpc) is 2.20. The van der Waals surface area contributed by atoms with Crippen molar-refractivity contribution in [3.05, 3.63) is 47.5 Å². The molecule has 80 valence electrons. The summed E-state index contributed by atoms with van der Waals surface area (Å²) < 4.78 is 0. The largest absolute Gasteiger partial charge is 0.478 e. The summed E-state index contributed by atoms with van der Waals surface area (Å²) in [5.41, 5.74) is 2.85. The summed E-state index contributed by atoms with van der Waals surface area (Å²) >= 11 is 0. The van der Waals surface area contributed by atoms with E-state index in [0.717, 1.165) is 12.8 Å². The van der Waals surface area contributed by atoms with E-state index in [-0.39, 0.29) is 0 Å². The number of carbonyl (C=O) groups is 1. The Morgan fingerprint density at radius 2 is 2.07 bits per heavy atom. The molecule has 1 rings (SSSR count). The number of hydrogen-bond donors (Lipinski definition) is 1. The standard InChI is InChI=1S/C13H16O2/c1-10-6-3-4-8-12(10)9-5-7-11(2)13(14)15/h3-4,6,8H,2,5,7,9H2,1H3,(H,14,15). The van der Waals surface area contributed by atoms with E-state index in [1.165, 1.54) is 11.1 Å². The van der Waals surface area contributed by atoms with Crippen LogP contribution in [0.3, 0.4) is 0 Å². The van der Waals surface area contributed by atoms with Gasteiger partial charge in [0.15, 0.2) is 0 Å². The molecule has 0 atom stereocenters. The molecule has 0 fully saturated rings. The van der Waals surface area contributed by atoms with Crippen molar-refractivity contribution in [2.24, 2.45) is 0 Å². The Balaban J connectivity index is 2.42. The third-order valence-corrected chi connectivity index (χ3v) is 2.49. The van der Waals surface area contributed by atoms with Crippen LogP contribution in [0, 0.1) is 6.92 Å². The van der Waals surface area contributed by atoms with Gasteiger partial charge in [0.25, 0.3) is 0 Å². The van der Waals surface area contributed by atoms with Gasteiger partial charge >= 0.3 is 5.97 Å². The minimum Gasteiger partial charge on any atom is -0.478 e. The third kappa shape index (κ3) is 3.58. The predicted octanol–water partition coefficient (Wildman–Crippen LogP) is 2.96. The van der Waals surface area contributed by atoms with E-state index in [4.69, 9.17) is 5.11 Å². The van der Waals surface area contributed by atoms with E-state index in [2.05, 4.69) is 25.6 Å². The van der Waals surface area contributed by atoms with Gasteiger partial charge in [-0.15, -0.1) is 0 Å². The quantitative estimate of drug-likeness (QED) is 0.749. The summed E-state index contributed by atoms with van der Waals surface area (Å²) in [5.74, 6) is -0.889. The van der Waals surface area contributed by atoms with E-state index >= 15 is 0 Å². The van der Waals surface area contributed by atoms with Gasteiger partial charge in [-0.1, -0.05) is 30.8 Å². The lowest BCUT2D eigenvalue weighted by atomic mass is 10.0.